The highest BCUT2D eigenvalue weighted by Gasteiger charge is 2.10. The minimum atomic E-state index is 0.638. The van der Waals surface area contributed by atoms with Crippen molar-refractivity contribution >= 4 is 0 Å². The Hall–Kier alpha value is -1.12. The molecule has 0 unspecified atom stereocenters. The molecule has 0 atom stereocenters. The summed E-state index contributed by atoms with van der Waals surface area (Å²) in [5.41, 5.74) is 9.91. The zero-order valence-corrected chi connectivity index (χ0v) is 9.95. The third kappa shape index (κ3) is 2.71. The molecular formula is C14H20N2. The van der Waals surface area contributed by atoms with E-state index in [0.717, 1.165) is 13.1 Å². The molecule has 2 heteroatoms. The van der Waals surface area contributed by atoms with E-state index in [0.29, 0.717) is 6.54 Å². The molecule has 2 N–H and O–H groups in total. The summed E-state index contributed by atoms with van der Waals surface area (Å²) in [7, 11) is 0. The number of nitrogens with zero attached hydrogens (tertiary/aromatic N) is 1. The number of rotatable bonds is 3. The van der Waals surface area contributed by atoms with Gasteiger partial charge in [0.15, 0.2) is 0 Å². The Morgan fingerprint density at radius 3 is 2.62 bits per heavy atom. The third-order valence-corrected chi connectivity index (χ3v) is 3.25. The van der Waals surface area contributed by atoms with Crippen molar-refractivity contribution in [3.63, 3.8) is 0 Å². The van der Waals surface area contributed by atoms with Crippen molar-refractivity contribution in [2.24, 2.45) is 5.73 Å². The Kier molecular flexibility index (Phi) is 3.75. The van der Waals surface area contributed by atoms with E-state index in [1.54, 1.807) is 0 Å². The van der Waals surface area contributed by atoms with Gasteiger partial charge < -0.3 is 5.73 Å². The number of nitrogens with two attached hydrogens (primary N) is 1. The van der Waals surface area contributed by atoms with Crippen LogP contribution in [0.25, 0.3) is 0 Å². The van der Waals surface area contributed by atoms with Crippen LogP contribution < -0.4 is 5.73 Å². The summed E-state index contributed by atoms with van der Waals surface area (Å²) in [4.78, 5) is 2.47. The van der Waals surface area contributed by atoms with Crippen LogP contribution in [0, 0.1) is 0 Å². The zero-order chi connectivity index (χ0) is 11.4. The maximum Gasteiger partial charge on any atom is 0.0240 e. The first-order valence-electron chi connectivity index (χ1n) is 5.94. The molecule has 0 amide bonds. The molecule has 1 aliphatic heterocycles. The molecule has 1 heterocycles. The Morgan fingerprint density at radius 1 is 1.25 bits per heavy atom. The molecule has 0 spiro atoms. The lowest BCUT2D eigenvalue weighted by atomic mass is 10.1. The lowest BCUT2D eigenvalue weighted by Crippen LogP contribution is -2.28. The monoisotopic (exact) mass is 216 g/mol. The second-order valence-corrected chi connectivity index (χ2v) is 4.51. The molecule has 0 aliphatic carbocycles. The van der Waals surface area contributed by atoms with Gasteiger partial charge in [-0.15, -0.1) is 0 Å². The molecule has 0 bridgehead atoms. The quantitative estimate of drug-likeness (QED) is 0.786. The first-order valence-corrected chi connectivity index (χ1v) is 5.94. The molecule has 0 aromatic heterocycles. The van der Waals surface area contributed by atoms with Crippen molar-refractivity contribution in [1.29, 1.82) is 0 Å². The predicted molar refractivity (Wildman–Crippen MR) is 68.0 cm³/mol. The molecule has 0 radical (unpaired) electrons. The summed E-state index contributed by atoms with van der Waals surface area (Å²) < 4.78 is 0. The molecule has 2 rings (SSSR count). The number of hydrogen-bond acceptors (Lipinski definition) is 2. The minimum absolute atomic E-state index is 0.638. The van der Waals surface area contributed by atoms with E-state index >= 15 is 0 Å². The highest BCUT2D eigenvalue weighted by Crippen LogP contribution is 2.15. The number of hydrogen-bond donors (Lipinski definition) is 1. The van der Waals surface area contributed by atoms with Crippen molar-refractivity contribution in [3.8, 4) is 0 Å². The van der Waals surface area contributed by atoms with Gasteiger partial charge in [0.1, 0.15) is 0 Å². The van der Waals surface area contributed by atoms with Crippen molar-refractivity contribution < 1.29 is 0 Å². The van der Waals surface area contributed by atoms with Crippen LogP contribution in [0.1, 0.15) is 24.5 Å². The third-order valence-electron chi connectivity index (χ3n) is 3.25. The second kappa shape index (κ2) is 5.28. The lowest BCUT2D eigenvalue weighted by Gasteiger charge is -2.26. The van der Waals surface area contributed by atoms with Crippen LogP contribution in [0.5, 0.6) is 0 Å². The lowest BCUT2D eigenvalue weighted by molar-refractivity contribution is 0.285. The topological polar surface area (TPSA) is 29.3 Å². The SMILES string of the molecule is CC1=CCN(Cc2ccccc2CN)CC1. The Morgan fingerprint density at radius 2 is 2.00 bits per heavy atom. The molecule has 0 saturated heterocycles. The van der Waals surface area contributed by atoms with Gasteiger partial charge in [-0.3, -0.25) is 4.90 Å². The van der Waals surface area contributed by atoms with Crippen molar-refractivity contribution in [2.75, 3.05) is 13.1 Å². The van der Waals surface area contributed by atoms with Crippen LogP contribution >= 0.6 is 0 Å². The fourth-order valence-electron chi connectivity index (χ4n) is 2.11. The molecular weight excluding hydrogens is 196 g/mol. The van der Waals surface area contributed by atoms with Gasteiger partial charge in [-0.25, -0.2) is 0 Å². The van der Waals surface area contributed by atoms with Crippen LogP contribution in [-0.2, 0) is 13.1 Å². The van der Waals surface area contributed by atoms with E-state index in [2.05, 4.69) is 42.2 Å². The largest absolute Gasteiger partial charge is 0.326 e. The Bertz CT molecular complexity index is 382. The maximum atomic E-state index is 5.75. The van der Waals surface area contributed by atoms with E-state index in [1.807, 2.05) is 0 Å². The van der Waals surface area contributed by atoms with Gasteiger partial charge >= 0.3 is 0 Å². The summed E-state index contributed by atoms with van der Waals surface area (Å²) in [5, 5.41) is 0. The number of benzene rings is 1. The normalized spacial score (nSPS) is 17.2. The zero-order valence-electron chi connectivity index (χ0n) is 9.95. The Balaban J connectivity index is 2.04. The van der Waals surface area contributed by atoms with Gasteiger partial charge in [-0.2, -0.15) is 0 Å². The standard InChI is InChI=1S/C14H20N2/c1-12-6-8-16(9-7-12)11-14-5-3-2-4-13(14)10-15/h2-6H,7-11,15H2,1H3. The van der Waals surface area contributed by atoms with Gasteiger partial charge in [0.2, 0.25) is 0 Å². The highest BCUT2D eigenvalue weighted by atomic mass is 15.1. The van der Waals surface area contributed by atoms with E-state index in [1.165, 1.54) is 29.7 Å². The first kappa shape index (κ1) is 11.4. The molecule has 0 fully saturated rings. The maximum absolute atomic E-state index is 5.75. The van der Waals surface area contributed by atoms with Crippen molar-refractivity contribution in [2.45, 2.75) is 26.4 Å². The molecule has 86 valence electrons. The van der Waals surface area contributed by atoms with Crippen LogP contribution in [0.2, 0.25) is 0 Å². The van der Waals surface area contributed by atoms with Gasteiger partial charge in [0.05, 0.1) is 0 Å². The van der Waals surface area contributed by atoms with Crippen molar-refractivity contribution in [3.05, 3.63) is 47.0 Å². The molecule has 16 heavy (non-hydrogen) atoms. The van der Waals surface area contributed by atoms with Gasteiger partial charge in [0, 0.05) is 26.2 Å². The minimum Gasteiger partial charge on any atom is -0.326 e. The van der Waals surface area contributed by atoms with Crippen molar-refractivity contribution in [1.82, 2.24) is 4.90 Å². The Labute approximate surface area is 97.8 Å². The van der Waals surface area contributed by atoms with Crippen LogP contribution in [-0.4, -0.2) is 18.0 Å². The summed E-state index contributed by atoms with van der Waals surface area (Å²) in [6.07, 6.45) is 3.53. The first-order chi connectivity index (χ1) is 7.79. The predicted octanol–water partition coefficient (Wildman–Crippen LogP) is 2.30. The molecule has 1 aromatic carbocycles. The summed E-state index contributed by atoms with van der Waals surface area (Å²) in [6, 6.07) is 8.47. The highest BCUT2D eigenvalue weighted by molar-refractivity contribution is 5.27. The molecule has 2 nitrogen and oxygen atoms in total. The van der Waals surface area contributed by atoms with Crippen LogP contribution in [0.3, 0.4) is 0 Å². The van der Waals surface area contributed by atoms with E-state index < -0.39 is 0 Å². The fraction of sp³-hybridized carbons (Fsp3) is 0.429. The van der Waals surface area contributed by atoms with Crippen LogP contribution in [0.4, 0.5) is 0 Å². The molecule has 1 aromatic rings. The van der Waals surface area contributed by atoms with E-state index in [4.69, 9.17) is 5.73 Å². The van der Waals surface area contributed by atoms with Gasteiger partial charge in [-0.1, -0.05) is 35.9 Å². The van der Waals surface area contributed by atoms with E-state index in [9.17, 15) is 0 Å². The average Bonchev–Trinajstić information content (AvgIpc) is 2.33. The molecule has 1 aliphatic rings. The van der Waals surface area contributed by atoms with Crippen LogP contribution in [0.15, 0.2) is 35.9 Å². The van der Waals surface area contributed by atoms with E-state index in [-0.39, 0.29) is 0 Å². The fourth-order valence-corrected chi connectivity index (χ4v) is 2.11. The summed E-state index contributed by atoms with van der Waals surface area (Å²) >= 11 is 0. The average molecular weight is 216 g/mol. The summed E-state index contributed by atoms with van der Waals surface area (Å²) in [6.45, 7) is 6.12. The molecule has 0 saturated carbocycles. The van der Waals surface area contributed by atoms with Gasteiger partial charge in [0.25, 0.3) is 0 Å². The van der Waals surface area contributed by atoms with Gasteiger partial charge in [-0.05, 0) is 24.5 Å². The summed E-state index contributed by atoms with van der Waals surface area (Å²) in [5.74, 6) is 0. The second-order valence-electron chi connectivity index (χ2n) is 4.51. The smallest absolute Gasteiger partial charge is 0.0240 e.